The van der Waals surface area contributed by atoms with E-state index in [9.17, 15) is 0 Å². The lowest BCUT2D eigenvalue weighted by atomic mass is 9.48. The standard InChI is InChI=1S/C23H21Cl/c1-3-8-17-15(2)13-16-14-22(24)18-9-4-6-11-20(18)23(16,17)21-12-7-5-10-19(21)22/h3-7,9-12,16-17H,1-2,8,13-14H2/t16-,17-,22?,23?/m0/s1. The van der Waals surface area contributed by atoms with Crippen molar-refractivity contribution in [3.63, 3.8) is 0 Å². The minimum atomic E-state index is -0.386. The SMILES string of the molecule is C=CC[C@H]1C(=C)C[C@H]2CC3(Cl)c4ccccc4C21c1ccccc13. The van der Waals surface area contributed by atoms with Crippen LogP contribution < -0.4 is 0 Å². The highest BCUT2D eigenvalue weighted by Crippen LogP contribution is 2.71. The summed E-state index contributed by atoms with van der Waals surface area (Å²) in [4.78, 5) is -0.386. The molecule has 2 atom stereocenters. The number of hydrogen-bond donors (Lipinski definition) is 0. The van der Waals surface area contributed by atoms with Crippen LogP contribution in [-0.2, 0) is 10.3 Å². The predicted molar refractivity (Wildman–Crippen MR) is 100 cm³/mol. The summed E-state index contributed by atoms with van der Waals surface area (Å²) in [5, 5.41) is 0. The summed E-state index contributed by atoms with van der Waals surface area (Å²) >= 11 is 7.34. The van der Waals surface area contributed by atoms with Crippen LogP contribution in [0.3, 0.4) is 0 Å². The van der Waals surface area contributed by atoms with Gasteiger partial charge in [0.1, 0.15) is 0 Å². The number of hydrogen-bond acceptors (Lipinski definition) is 0. The molecule has 1 heteroatoms. The van der Waals surface area contributed by atoms with Crippen molar-refractivity contribution in [1.29, 1.82) is 0 Å². The zero-order valence-corrected chi connectivity index (χ0v) is 14.5. The van der Waals surface area contributed by atoms with E-state index in [1.165, 1.54) is 27.8 Å². The number of alkyl halides is 1. The number of allylic oxidation sites excluding steroid dienone is 2. The molecule has 0 saturated heterocycles. The van der Waals surface area contributed by atoms with Crippen molar-refractivity contribution >= 4 is 11.6 Å². The molecule has 1 fully saturated rings. The summed E-state index contributed by atoms with van der Waals surface area (Å²) in [6.07, 6.45) is 5.13. The summed E-state index contributed by atoms with van der Waals surface area (Å²) in [5.41, 5.74) is 6.87. The molecule has 0 aromatic heterocycles. The first-order chi connectivity index (χ1) is 11.6. The highest BCUT2D eigenvalue weighted by atomic mass is 35.5. The second-order valence-corrected chi connectivity index (χ2v) is 8.25. The Hall–Kier alpha value is -1.79. The summed E-state index contributed by atoms with van der Waals surface area (Å²) in [7, 11) is 0. The molecule has 120 valence electrons. The first kappa shape index (κ1) is 14.5. The molecule has 0 aliphatic heterocycles. The Kier molecular flexibility index (Phi) is 2.81. The Balaban J connectivity index is 1.93. The van der Waals surface area contributed by atoms with Gasteiger partial charge in [0.15, 0.2) is 0 Å². The fourth-order valence-corrected chi connectivity index (χ4v) is 6.54. The van der Waals surface area contributed by atoms with Crippen LogP contribution >= 0.6 is 11.6 Å². The van der Waals surface area contributed by atoms with Gasteiger partial charge in [-0.3, -0.25) is 0 Å². The van der Waals surface area contributed by atoms with Crippen molar-refractivity contribution in [2.24, 2.45) is 11.8 Å². The molecule has 6 rings (SSSR count). The van der Waals surface area contributed by atoms with Crippen molar-refractivity contribution in [2.45, 2.75) is 29.6 Å². The van der Waals surface area contributed by atoms with Crippen LogP contribution in [-0.4, -0.2) is 0 Å². The van der Waals surface area contributed by atoms with Gasteiger partial charge in [-0.25, -0.2) is 0 Å². The monoisotopic (exact) mass is 332 g/mol. The maximum Gasteiger partial charge on any atom is 0.0953 e. The summed E-state index contributed by atoms with van der Waals surface area (Å²) in [5.74, 6) is 0.959. The van der Waals surface area contributed by atoms with Crippen LogP contribution in [0.2, 0.25) is 0 Å². The molecule has 1 saturated carbocycles. The highest BCUT2D eigenvalue weighted by molar-refractivity contribution is 6.27. The summed E-state index contributed by atoms with van der Waals surface area (Å²) in [6, 6.07) is 17.7. The first-order valence-corrected chi connectivity index (χ1v) is 9.19. The molecule has 0 heterocycles. The zero-order chi connectivity index (χ0) is 16.5. The van der Waals surface area contributed by atoms with Crippen LogP contribution in [0, 0.1) is 11.8 Å². The maximum atomic E-state index is 7.34. The lowest BCUT2D eigenvalue weighted by molar-refractivity contribution is 0.222. The summed E-state index contributed by atoms with van der Waals surface area (Å²) in [6.45, 7) is 8.50. The molecule has 0 N–H and O–H groups in total. The van der Waals surface area contributed by atoms with Crippen LogP contribution in [0.15, 0.2) is 73.3 Å². The zero-order valence-electron chi connectivity index (χ0n) is 13.8. The fraction of sp³-hybridized carbons (Fsp3) is 0.304. The van der Waals surface area contributed by atoms with Gasteiger partial charge in [-0.1, -0.05) is 66.8 Å². The van der Waals surface area contributed by atoms with Crippen molar-refractivity contribution < 1.29 is 0 Å². The van der Waals surface area contributed by atoms with Gasteiger partial charge in [0.05, 0.1) is 4.87 Å². The van der Waals surface area contributed by atoms with E-state index in [2.05, 4.69) is 67.8 Å². The van der Waals surface area contributed by atoms with Gasteiger partial charge in [0.25, 0.3) is 0 Å². The molecule has 0 nitrogen and oxygen atoms in total. The Morgan fingerprint density at radius 2 is 1.54 bits per heavy atom. The van der Waals surface area contributed by atoms with E-state index < -0.39 is 0 Å². The van der Waals surface area contributed by atoms with Gasteiger partial charge in [0, 0.05) is 5.41 Å². The van der Waals surface area contributed by atoms with Crippen molar-refractivity contribution in [3.05, 3.63) is 95.6 Å². The molecule has 4 aliphatic carbocycles. The average Bonchev–Trinajstić information content (AvgIpc) is 2.88. The lowest BCUT2D eigenvalue weighted by Crippen LogP contribution is -2.53. The number of benzene rings is 2. The van der Waals surface area contributed by atoms with Gasteiger partial charge >= 0.3 is 0 Å². The molecular formula is C23H21Cl. The Labute approximate surface area is 148 Å². The average molecular weight is 333 g/mol. The molecule has 2 aromatic rings. The Morgan fingerprint density at radius 1 is 1.00 bits per heavy atom. The van der Waals surface area contributed by atoms with E-state index in [1.807, 2.05) is 0 Å². The molecule has 2 aromatic carbocycles. The van der Waals surface area contributed by atoms with Crippen LogP contribution in [0.5, 0.6) is 0 Å². The van der Waals surface area contributed by atoms with Crippen molar-refractivity contribution in [1.82, 2.24) is 0 Å². The fourth-order valence-electron chi connectivity index (χ4n) is 6.02. The quantitative estimate of drug-likeness (QED) is 0.471. The van der Waals surface area contributed by atoms with Gasteiger partial charge < -0.3 is 0 Å². The van der Waals surface area contributed by atoms with Gasteiger partial charge in [0.2, 0.25) is 0 Å². The van der Waals surface area contributed by atoms with Gasteiger partial charge in [-0.15, -0.1) is 18.2 Å². The van der Waals surface area contributed by atoms with Crippen LogP contribution in [0.4, 0.5) is 0 Å². The highest BCUT2D eigenvalue weighted by Gasteiger charge is 2.65. The largest absolute Gasteiger partial charge is 0.109 e. The third-order valence-corrected chi connectivity index (χ3v) is 7.29. The second kappa shape index (κ2) is 4.64. The molecule has 4 aliphatic rings. The van der Waals surface area contributed by atoms with E-state index in [0.29, 0.717) is 11.8 Å². The molecule has 0 amide bonds. The minimum Gasteiger partial charge on any atom is -0.109 e. The first-order valence-electron chi connectivity index (χ1n) is 8.81. The molecule has 0 radical (unpaired) electrons. The van der Waals surface area contributed by atoms with Crippen LogP contribution in [0.1, 0.15) is 41.5 Å². The molecule has 1 spiro atoms. The van der Waals surface area contributed by atoms with Gasteiger partial charge in [-0.2, -0.15) is 0 Å². The lowest BCUT2D eigenvalue weighted by Gasteiger charge is -2.57. The third-order valence-electron chi connectivity index (χ3n) is 6.72. The number of halogens is 1. The predicted octanol–water partition coefficient (Wildman–Crippen LogP) is 5.94. The Bertz CT molecular complexity index is 828. The smallest absolute Gasteiger partial charge is 0.0953 e. The molecule has 2 bridgehead atoms. The molecule has 24 heavy (non-hydrogen) atoms. The molecule has 0 unspecified atom stereocenters. The summed E-state index contributed by atoms with van der Waals surface area (Å²) < 4.78 is 0. The van der Waals surface area contributed by atoms with E-state index in [4.69, 9.17) is 11.6 Å². The van der Waals surface area contributed by atoms with E-state index in [-0.39, 0.29) is 10.3 Å². The minimum absolute atomic E-state index is 0.0229. The maximum absolute atomic E-state index is 7.34. The molecular weight excluding hydrogens is 312 g/mol. The Morgan fingerprint density at radius 3 is 2.08 bits per heavy atom. The van der Waals surface area contributed by atoms with Crippen LogP contribution in [0.25, 0.3) is 0 Å². The topological polar surface area (TPSA) is 0 Å². The number of rotatable bonds is 2. The normalized spacial score (nSPS) is 35.3. The van der Waals surface area contributed by atoms with E-state index in [1.54, 1.807) is 0 Å². The third kappa shape index (κ3) is 1.43. The van der Waals surface area contributed by atoms with Crippen molar-refractivity contribution in [2.75, 3.05) is 0 Å². The van der Waals surface area contributed by atoms with Gasteiger partial charge in [-0.05, 0) is 53.4 Å². The van der Waals surface area contributed by atoms with Crippen molar-refractivity contribution in [3.8, 4) is 0 Å². The second-order valence-electron chi connectivity index (χ2n) is 7.60. The van der Waals surface area contributed by atoms with E-state index in [0.717, 1.165) is 19.3 Å². The van der Waals surface area contributed by atoms with E-state index >= 15 is 0 Å².